The molecule has 0 aromatic carbocycles. The van der Waals surface area contributed by atoms with Gasteiger partial charge in [-0.3, -0.25) is 0 Å². The molecule has 0 saturated heterocycles. The Kier molecular flexibility index (Phi) is 2.01. The number of rotatable bonds is 1. The van der Waals surface area contributed by atoms with E-state index in [0.29, 0.717) is 5.71 Å². The van der Waals surface area contributed by atoms with Crippen LogP contribution in [0.4, 0.5) is 4.79 Å². The van der Waals surface area contributed by atoms with E-state index in [4.69, 9.17) is 4.74 Å². The molecule has 1 heterocycles. The minimum absolute atomic E-state index is 0.273. The molecule has 2 aliphatic rings. The van der Waals surface area contributed by atoms with Gasteiger partial charge in [-0.2, -0.15) is 4.99 Å². The van der Waals surface area contributed by atoms with Crippen molar-refractivity contribution < 1.29 is 19.1 Å². The van der Waals surface area contributed by atoms with E-state index in [-0.39, 0.29) is 11.7 Å². The summed E-state index contributed by atoms with van der Waals surface area (Å²) in [6.07, 6.45) is 3.69. The molecule has 0 N–H and O–H groups in total. The Morgan fingerprint density at radius 2 is 2.29 bits per heavy atom. The second-order valence-electron chi connectivity index (χ2n) is 2.79. The number of cyclic esters (lactones) is 2. The highest BCUT2D eigenvalue weighted by atomic mass is 16.6. The number of hydrogen-bond donors (Lipinski definition) is 0. The monoisotopic (exact) mass is 193 g/mol. The van der Waals surface area contributed by atoms with Crippen LogP contribution in [0.2, 0.25) is 0 Å². The molecule has 0 saturated carbocycles. The number of aliphatic imine (C=N–C) groups is 1. The quantitative estimate of drug-likeness (QED) is 0.452. The van der Waals surface area contributed by atoms with E-state index in [9.17, 15) is 9.59 Å². The van der Waals surface area contributed by atoms with Crippen LogP contribution in [0.15, 0.2) is 28.8 Å². The molecule has 2 rings (SSSR count). The molecule has 0 aromatic heterocycles. The number of fused-ring (bicyclic) bond motifs is 1. The fraction of sp³-hybridized carbons (Fsp3) is 0.222. The molecular formula is C9H7NO4. The lowest BCUT2D eigenvalue weighted by atomic mass is 10.0. The zero-order chi connectivity index (χ0) is 10.1. The highest BCUT2D eigenvalue weighted by Crippen LogP contribution is 2.17. The van der Waals surface area contributed by atoms with Crippen LogP contribution in [0, 0.1) is 0 Å². The first-order valence-corrected chi connectivity index (χ1v) is 3.99. The molecule has 5 nitrogen and oxygen atoms in total. The van der Waals surface area contributed by atoms with Crippen LogP contribution in [-0.2, 0) is 14.3 Å². The van der Waals surface area contributed by atoms with Crippen molar-refractivity contribution in [2.24, 2.45) is 4.99 Å². The molecule has 72 valence electrons. The average molecular weight is 193 g/mol. The molecule has 0 aromatic rings. The highest BCUT2D eigenvalue weighted by Gasteiger charge is 2.28. The van der Waals surface area contributed by atoms with E-state index in [1.165, 1.54) is 7.11 Å². The molecule has 1 amide bonds. The molecule has 0 radical (unpaired) electrons. The van der Waals surface area contributed by atoms with E-state index < -0.39 is 12.1 Å². The van der Waals surface area contributed by atoms with E-state index >= 15 is 0 Å². The van der Waals surface area contributed by atoms with Gasteiger partial charge in [0, 0.05) is 7.11 Å². The Balaban J connectivity index is 2.40. The van der Waals surface area contributed by atoms with Crippen LogP contribution in [0.5, 0.6) is 0 Å². The number of carbonyl (C=O) groups is 2. The van der Waals surface area contributed by atoms with E-state index in [2.05, 4.69) is 9.73 Å². The van der Waals surface area contributed by atoms with Gasteiger partial charge in [0.25, 0.3) is 0 Å². The fourth-order valence-electron chi connectivity index (χ4n) is 1.25. The average Bonchev–Trinajstić information content (AvgIpc) is 2.17. The zero-order valence-electron chi connectivity index (χ0n) is 7.39. The maximum atomic E-state index is 11.2. The maximum absolute atomic E-state index is 11.2. The molecule has 1 atom stereocenters. The molecule has 1 aliphatic carbocycles. The zero-order valence-corrected chi connectivity index (χ0v) is 7.39. The van der Waals surface area contributed by atoms with E-state index in [0.717, 1.165) is 0 Å². The highest BCUT2D eigenvalue weighted by molar-refractivity contribution is 6.30. The summed E-state index contributed by atoms with van der Waals surface area (Å²) in [5, 5.41) is 0. The predicted octanol–water partition coefficient (Wildman–Crippen LogP) is 0.615. The summed E-state index contributed by atoms with van der Waals surface area (Å²) in [4.78, 5) is 25.5. The fourth-order valence-corrected chi connectivity index (χ4v) is 1.25. The van der Waals surface area contributed by atoms with Gasteiger partial charge in [-0.15, -0.1) is 0 Å². The van der Waals surface area contributed by atoms with Crippen LogP contribution in [0.1, 0.15) is 0 Å². The van der Waals surface area contributed by atoms with Crippen molar-refractivity contribution in [1.82, 2.24) is 0 Å². The second kappa shape index (κ2) is 3.19. The van der Waals surface area contributed by atoms with Crippen molar-refractivity contribution in [3.63, 3.8) is 0 Å². The lowest BCUT2D eigenvalue weighted by Crippen LogP contribution is -2.27. The standard InChI is InChI=1S/C9H7NO4/c1-13-5-2-3-7-6(4-5)8(11)14-9(12)10-7/h2-5H,1H3. The number of carbonyl (C=O) groups excluding carboxylic acids is 2. The Labute approximate surface area is 79.7 Å². The lowest BCUT2D eigenvalue weighted by molar-refractivity contribution is -0.132. The third-order valence-electron chi connectivity index (χ3n) is 1.93. The predicted molar refractivity (Wildman–Crippen MR) is 46.9 cm³/mol. The largest absolute Gasteiger partial charge is 0.442 e. The first-order chi connectivity index (χ1) is 6.70. The first kappa shape index (κ1) is 8.83. The third-order valence-corrected chi connectivity index (χ3v) is 1.93. The summed E-state index contributed by atoms with van der Waals surface area (Å²) < 4.78 is 9.33. The van der Waals surface area contributed by atoms with Gasteiger partial charge < -0.3 is 9.47 Å². The normalized spacial score (nSPS) is 25.1. The smallest absolute Gasteiger partial charge is 0.373 e. The molecular weight excluding hydrogens is 186 g/mol. The van der Waals surface area contributed by atoms with Gasteiger partial charge in [0.05, 0.1) is 17.4 Å². The van der Waals surface area contributed by atoms with Crippen LogP contribution in [0.25, 0.3) is 0 Å². The van der Waals surface area contributed by atoms with E-state index in [1.54, 1.807) is 18.2 Å². The summed E-state index contributed by atoms with van der Waals surface area (Å²) in [6, 6.07) is 0. The number of methoxy groups -OCH3 is 1. The van der Waals surface area contributed by atoms with Crippen molar-refractivity contribution in [3.8, 4) is 0 Å². The summed E-state index contributed by atoms with van der Waals surface area (Å²) in [5.41, 5.74) is 0.610. The van der Waals surface area contributed by atoms with Crippen molar-refractivity contribution >= 4 is 17.8 Å². The molecule has 0 fully saturated rings. The molecule has 5 heteroatoms. The van der Waals surface area contributed by atoms with Crippen LogP contribution < -0.4 is 0 Å². The molecule has 0 bridgehead atoms. The van der Waals surface area contributed by atoms with Crippen LogP contribution in [0.3, 0.4) is 0 Å². The number of esters is 1. The van der Waals surface area contributed by atoms with Gasteiger partial charge in [0.15, 0.2) is 0 Å². The maximum Gasteiger partial charge on any atom is 0.442 e. The summed E-state index contributed by atoms with van der Waals surface area (Å²) in [7, 11) is 1.52. The van der Waals surface area contributed by atoms with Gasteiger partial charge in [-0.05, 0) is 18.2 Å². The van der Waals surface area contributed by atoms with Crippen molar-refractivity contribution in [3.05, 3.63) is 23.8 Å². The Morgan fingerprint density at radius 1 is 1.50 bits per heavy atom. The van der Waals surface area contributed by atoms with E-state index in [1.807, 2.05) is 0 Å². The third kappa shape index (κ3) is 1.38. The number of ether oxygens (including phenoxy) is 2. The SMILES string of the molecule is COC1C=CC2=NC(=O)OC(=O)C2=C1. The Morgan fingerprint density at radius 3 is 3.00 bits per heavy atom. The van der Waals surface area contributed by atoms with Crippen LogP contribution in [-0.4, -0.2) is 31.0 Å². The molecule has 1 unspecified atom stereocenters. The number of hydrogen-bond acceptors (Lipinski definition) is 4. The van der Waals surface area contributed by atoms with Gasteiger partial charge in [-0.25, -0.2) is 9.59 Å². The number of allylic oxidation sites excluding steroid dienone is 1. The van der Waals surface area contributed by atoms with Gasteiger partial charge in [0.2, 0.25) is 0 Å². The topological polar surface area (TPSA) is 65.0 Å². The van der Waals surface area contributed by atoms with Crippen molar-refractivity contribution in [1.29, 1.82) is 0 Å². The van der Waals surface area contributed by atoms with Crippen molar-refractivity contribution in [2.45, 2.75) is 6.10 Å². The van der Waals surface area contributed by atoms with Gasteiger partial charge >= 0.3 is 12.1 Å². The van der Waals surface area contributed by atoms with Gasteiger partial charge in [-0.1, -0.05) is 0 Å². The molecule has 1 aliphatic heterocycles. The Hall–Kier alpha value is -1.75. The summed E-state index contributed by atoms with van der Waals surface area (Å²) >= 11 is 0. The van der Waals surface area contributed by atoms with Gasteiger partial charge in [0.1, 0.15) is 0 Å². The number of nitrogens with zero attached hydrogens (tertiary/aromatic N) is 1. The first-order valence-electron chi connectivity index (χ1n) is 3.99. The second-order valence-corrected chi connectivity index (χ2v) is 2.79. The Bertz CT molecular complexity index is 392. The summed E-state index contributed by atoms with van der Waals surface area (Å²) in [6.45, 7) is 0. The van der Waals surface area contributed by atoms with Crippen LogP contribution >= 0.6 is 0 Å². The minimum Gasteiger partial charge on any atom is -0.373 e. The number of amides is 1. The van der Waals surface area contributed by atoms with Crippen molar-refractivity contribution in [2.75, 3.05) is 7.11 Å². The molecule has 0 spiro atoms. The molecule has 14 heavy (non-hydrogen) atoms. The summed E-state index contributed by atoms with van der Waals surface area (Å²) in [5.74, 6) is -0.675. The minimum atomic E-state index is -0.873. The lowest BCUT2D eigenvalue weighted by Gasteiger charge is -2.17.